The largest absolute Gasteiger partial charge is 0.469 e. The zero-order valence-corrected chi connectivity index (χ0v) is 19.5. The van der Waals surface area contributed by atoms with Crippen molar-refractivity contribution in [1.29, 1.82) is 0 Å². The summed E-state index contributed by atoms with van der Waals surface area (Å²) < 4.78 is 5.74. The SMILES string of the molecule is CCCCN1C=N[C@@H]2[C@H]1C(OCC(=O)Nc1sccc1C(N)=O)=NC(=O)N2Cc1ccccc1. The van der Waals surface area contributed by atoms with E-state index in [1.54, 1.807) is 22.7 Å². The topological polar surface area (TPSA) is 130 Å². The Kier molecular flexibility index (Phi) is 7.21. The standard InChI is InChI=1S/C23H26N6O4S/c1-2-3-10-28-14-25-20-18(28)21(27-23(32)29(20)12-15-7-5-4-6-8-15)33-13-17(30)26-22-16(19(24)31)9-11-34-22/h4-9,11,14,18,20H,2-3,10,12-13H2,1H3,(H2,24,31)(H,26,30)/t18-,20-/m0/s1. The number of unbranched alkanes of at least 4 members (excludes halogenated alkanes) is 1. The highest BCUT2D eigenvalue weighted by atomic mass is 32.1. The summed E-state index contributed by atoms with van der Waals surface area (Å²) >= 11 is 1.19. The Labute approximate surface area is 201 Å². The molecule has 10 nitrogen and oxygen atoms in total. The molecule has 2 aliphatic heterocycles. The average molecular weight is 483 g/mol. The summed E-state index contributed by atoms with van der Waals surface area (Å²) in [6, 6.07) is 10.3. The van der Waals surface area contributed by atoms with Crippen LogP contribution in [0.3, 0.4) is 0 Å². The predicted molar refractivity (Wildman–Crippen MR) is 130 cm³/mol. The number of fused-ring (bicyclic) bond motifs is 1. The van der Waals surface area contributed by atoms with E-state index in [4.69, 9.17) is 10.5 Å². The minimum Gasteiger partial charge on any atom is -0.469 e. The molecule has 4 rings (SSSR count). The molecular weight excluding hydrogens is 456 g/mol. The molecule has 178 valence electrons. The van der Waals surface area contributed by atoms with E-state index in [-0.39, 0.29) is 18.1 Å². The molecule has 0 unspecified atom stereocenters. The molecule has 2 atom stereocenters. The van der Waals surface area contributed by atoms with Crippen molar-refractivity contribution in [1.82, 2.24) is 9.80 Å². The van der Waals surface area contributed by atoms with Crippen LogP contribution in [0.15, 0.2) is 51.8 Å². The third kappa shape index (κ3) is 5.09. The highest BCUT2D eigenvalue weighted by molar-refractivity contribution is 7.14. The van der Waals surface area contributed by atoms with Gasteiger partial charge in [0.2, 0.25) is 5.90 Å². The number of anilines is 1. The van der Waals surface area contributed by atoms with Crippen LogP contribution in [0.2, 0.25) is 0 Å². The van der Waals surface area contributed by atoms with Crippen molar-refractivity contribution in [3.63, 3.8) is 0 Å². The lowest BCUT2D eigenvalue weighted by atomic mass is 10.1. The number of amides is 4. The van der Waals surface area contributed by atoms with Gasteiger partial charge in [-0.2, -0.15) is 4.99 Å². The van der Waals surface area contributed by atoms with Crippen molar-refractivity contribution >= 4 is 46.4 Å². The van der Waals surface area contributed by atoms with Crippen molar-refractivity contribution < 1.29 is 19.1 Å². The van der Waals surface area contributed by atoms with Gasteiger partial charge in [-0.25, -0.2) is 9.79 Å². The Bertz CT molecular complexity index is 1120. The molecule has 11 heteroatoms. The molecule has 34 heavy (non-hydrogen) atoms. The number of rotatable bonds is 9. The Morgan fingerprint density at radius 2 is 2.03 bits per heavy atom. The molecule has 0 fully saturated rings. The van der Waals surface area contributed by atoms with Gasteiger partial charge in [0, 0.05) is 13.1 Å². The summed E-state index contributed by atoms with van der Waals surface area (Å²) in [5.41, 5.74) is 6.53. The number of benzene rings is 1. The number of nitrogens with zero attached hydrogens (tertiary/aromatic N) is 4. The van der Waals surface area contributed by atoms with Gasteiger partial charge >= 0.3 is 6.03 Å². The molecule has 0 spiro atoms. The molecule has 3 heterocycles. The third-order valence-corrected chi connectivity index (χ3v) is 6.36. The first-order valence-corrected chi connectivity index (χ1v) is 11.9. The summed E-state index contributed by atoms with van der Waals surface area (Å²) in [6.07, 6.45) is 3.15. The molecular formula is C23H26N6O4S. The maximum atomic E-state index is 12.9. The summed E-state index contributed by atoms with van der Waals surface area (Å²) in [5, 5.41) is 4.64. The molecule has 3 N–H and O–H groups in total. The van der Waals surface area contributed by atoms with Crippen LogP contribution in [0, 0.1) is 0 Å². The average Bonchev–Trinajstić information content (AvgIpc) is 3.46. The van der Waals surface area contributed by atoms with Gasteiger partial charge in [0.1, 0.15) is 11.0 Å². The summed E-state index contributed by atoms with van der Waals surface area (Å²) in [7, 11) is 0. The third-order valence-electron chi connectivity index (χ3n) is 5.53. The lowest BCUT2D eigenvalue weighted by Crippen LogP contribution is -2.56. The van der Waals surface area contributed by atoms with E-state index in [9.17, 15) is 14.4 Å². The van der Waals surface area contributed by atoms with Crippen molar-refractivity contribution in [2.75, 3.05) is 18.5 Å². The van der Waals surface area contributed by atoms with Crippen molar-refractivity contribution in [2.24, 2.45) is 15.7 Å². The molecule has 0 bridgehead atoms. The van der Waals surface area contributed by atoms with Crippen LogP contribution in [0.5, 0.6) is 0 Å². The highest BCUT2D eigenvalue weighted by Crippen LogP contribution is 2.27. The van der Waals surface area contributed by atoms with E-state index in [0.717, 1.165) is 24.9 Å². The lowest BCUT2D eigenvalue weighted by Gasteiger charge is -2.37. The van der Waals surface area contributed by atoms with E-state index in [1.807, 2.05) is 35.2 Å². The predicted octanol–water partition coefficient (Wildman–Crippen LogP) is 2.68. The number of urea groups is 1. The van der Waals surface area contributed by atoms with Crippen LogP contribution in [0.25, 0.3) is 0 Å². The molecule has 0 saturated heterocycles. The first kappa shape index (κ1) is 23.4. The van der Waals surface area contributed by atoms with Crippen molar-refractivity contribution in [3.8, 4) is 0 Å². The number of nitrogens with one attached hydrogen (secondary N) is 1. The number of aliphatic imine (C=N–C) groups is 2. The molecule has 4 amide bonds. The van der Waals surface area contributed by atoms with Crippen LogP contribution in [-0.2, 0) is 16.1 Å². The second-order valence-electron chi connectivity index (χ2n) is 7.92. The van der Waals surface area contributed by atoms with E-state index in [2.05, 4.69) is 22.2 Å². The lowest BCUT2D eigenvalue weighted by molar-refractivity contribution is -0.118. The minimum absolute atomic E-state index is 0.157. The quantitative estimate of drug-likeness (QED) is 0.568. The van der Waals surface area contributed by atoms with Gasteiger partial charge in [-0.3, -0.25) is 14.5 Å². The maximum Gasteiger partial charge on any atom is 0.348 e. The fraction of sp³-hybridized carbons (Fsp3) is 0.348. The number of thiophene rings is 1. The molecule has 2 aliphatic rings. The zero-order chi connectivity index (χ0) is 24.1. The van der Waals surface area contributed by atoms with Gasteiger partial charge in [-0.05, 0) is 23.4 Å². The highest BCUT2D eigenvalue weighted by Gasteiger charge is 2.45. The molecule has 0 aliphatic carbocycles. The number of carbonyl (C=O) groups is 3. The number of hydrogen-bond acceptors (Lipinski definition) is 7. The molecule has 2 aromatic rings. The number of ether oxygens (including phenoxy) is 1. The Morgan fingerprint density at radius 3 is 2.76 bits per heavy atom. The van der Waals surface area contributed by atoms with E-state index < -0.39 is 30.1 Å². The minimum atomic E-state index is -0.629. The number of primary amides is 1. The number of hydrogen-bond donors (Lipinski definition) is 2. The van der Waals surface area contributed by atoms with E-state index >= 15 is 0 Å². The number of nitrogens with two attached hydrogens (primary N) is 1. The van der Waals surface area contributed by atoms with Crippen molar-refractivity contribution in [3.05, 3.63) is 52.9 Å². The van der Waals surface area contributed by atoms with Crippen molar-refractivity contribution in [2.45, 2.75) is 38.5 Å². The summed E-state index contributed by atoms with van der Waals surface area (Å²) in [6.45, 7) is 2.81. The van der Waals surface area contributed by atoms with E-state index in [0.29, 0.717) is 11.5 Å². The van der Waals surface area contributed by atoms with Crippen LogP contribution < -0.4 is 11.1 Å². The van der Waals surface area contributed by atoms with Crippen LogP contribution in [0.4, 0.5) is 9.80 Å². The first-order valence-electron chi connectivity index (χ1n) is 11.0. The fourth-order valence-electron chi connectivity index (χ4n) is 3.84. The summed E-state index contributed by atoms with van der Waals surface area (Å²) in [5.74, 6) is -0.956. The number of carbonyl (C=O) groups excluding carboxylic acids is 3. The van der Waals surface area contributed by atoms with Crippen LogP contribution >= 0.6 is 11.3 Å². The normalized spacial score (nSPS) is 19.1. The Balaban J connectivity index is 1.49. The maximum absolute atomic E-state index is 12.9. The van der Waals surface area contributed by atoms with Gasteiger partial charge in [0.05, 0.1) is 11.9 Å². The molecule has 0 saturated carbocycles. The Hall–Kier alpha value is -3.73. The smallest absolute Gasteiger partial charge is 0.348 e. The van der Waals surface area contributed by atoms with Gasteiger partial charge < -0.3 is 20.7 Å². The molecule has 1 aromatic carbocycles. The van der Waals surface area contributed by atoms with Gasteiger partial charge in [0.25, 0.3) is 11.8 Å². The van der Waals surface area contributed by atoms with Gasteiger partial charge in [-0.1, -0.05) is 43.7 Å². The second kappa shape index (κ2) is 10.5. The van der Waals surface area contributed by atoms with Gasteiger partial charge in [-0.15, -0.1) is 11.3 Å². The van der Waals surface area contributed by atoms with E-state index in [1.165, 1.54) is 11.3 Å². The van der Waals surface area contributed by atoms with Gasteiger partial charge in [0.15, 0.2) is 12.8 Å². The first-order chi connectivity index (χ1) is 16.5. The van der Waals surface area contributed by atoms with Crippen LogP contribution in [-0.4, -0.2) is 65.2 Å². The second-order valence-corrected chi connectivity index (χ2v) is 8.84. The van der Waals surface area contributed by atoms with Crippen LogP contribution in [0.1, 0.15) is 35.7 Å². The zero-order valence-electron chi connectivity index (χ0n) is 18.7. The molecule has 0 radical (unpaired) electrons. The fourth-order valence-corrected chi connectivity index (χ4v) is 4.64. The summed E-state index contributed by atoms with van der Waals surface area (Å²) in [4.78, 5) is 49.3. The monoisotopic (exact) mass is 482 g/mol. The Morgan fingerprint density at radius 1 is 1.24 bits per heavy atom. The molecule has 1 aromatic heterocycles.